The van der Waals surface area contributed by atoms with Crippen molar-refractivity contribution in [1.82, 2.24) is 15.3 Å². The van der Waals surface area contributed by atoms with Crippen LogP contribution in [0.15, 0.2) is 36.7 Å². The number of nitrogens with zero attached hydrogens (tertiary/aromatic N) is 2. The molecule has 2 amide bonds. The van der Waals surface area contributed by atoms with Crippen LogP contribution in [0.3, 0.4) is 0 Å². The van der Waals surface area contributed by atoms with Crippen molar-refractivity contribution >= 4 is 29.1 Å². The number of anilines is 1. The molecule has 3 aliphatic carbocycles. The fraction of sp³-hybridized carbons (Fsp3) is 0.368. The molecule has 3 aliphatic rings. The van der Waals surface area contributed by atoms with Crippen LogP contribution in [0.2, 0.25) is 5.15 Å². The average molecular weight is 389 g/mol. The van der Waals surface area contributed by atoms with Crippen LogP contribution in [-0.4, -0.2) is 27.3 Å². The predicted molar refractivity (Wildman–Crippen MR) is 97.7 cm³/mol. The highest BCUT2D eigenvalue weighted by Crippen LogP contribution is 2.70. The first-order valence-corrected chi connectivity index (χ1v) is 9.05. The summed E-state index contributed by atoms with van der Waals surface area (Å²) in [5.74, 6) is -0.916. The minimum atomic E-state index is -0.344. The Morgan fingerprint density at radius 1 is 1.15 bits per heavy atom. The smallest absolute Gasteiger partial charge is 0.271 e. The Morgan fingerprint density at radius 2 is 1.81 bits per heavy atom. The Morgan fingerprint density at radius 3 is 2.41 bits per heavy atom. The molecule has 2 bridgehead atoms. The lowest BCUT2D eigenvalue weighted by Crippen LogP contribution is -2.77. The van der Waals surface area contributed by atoms with Gasteiger partial charge in [-0.25, -0.2) is 14.4 Å². The van der Waals surface area contributed by atoms with E-state index in [1.807, 2.05) is 6.92 Å². The lowest BCUT2D eigenvalue weighted by Gasteiger charge is -2.72. The summed E-state index contributed by atoms with van der Waals surface area (Å²) in [6.45, 7) is 1.90. The van der Waals surface area contributed by atoms with Gasteiger partial charge < -0.3 is 10.6 Å². The Kier molecular flexibility index (Phi) is 4.14. The van der Waals surface area contributed by atoms with E-state index in [-0.39, 0.29) is 45.4 Å². The molecule has 5 rings (SSSR count). The first kappa shape index (κ1) is 17.9. The molecule has 1 unspecified atom stereocenters. The lowest BCUT2D eigenvalue weighted by atomic mass is 9.36. The van der Waals surface area contributed by atoms with Crippen molar-refractivity contribution in [1.29, 1.82) is 0 Å². The normalized spacial score (nSPS) is 26.3. The number of halogens is 2. The Labute approximate surface area is 160 Å². The number of amides is 2. The third kappa shape index (κ3) is 3.16. The zero-order chi connectivity index (χ0) is 19.2. The summed E-state index contributed by atoms with van der Waals surface area (Å²) in [5, 5.41) is 6.07. The van der Waals surface area contributed by atoms with E-state index in [9.17, 15) is 14.0 Å². The zero-order valence-electron chi connectivity index (χ0n) is 14.6. The number of hydrogen-bond acceptors (Lipinski definition) is 4. The van der Waals surface area contributed by atoms with E-state index >= 15 is 0 Å². The number of carbonyl (C=O) groups is 2. The third-order valence-electron chi connectivity index (χ3n) is 5.73. The lowest BCUT2D eigenvalue weighted by molar-refractivity contribution is -0.184. The van der Waals surface area contributed by atoms with Crippen molar-refractivity contribution in [3.63, 3.8) is 0 Å². The largest absolute Gasteiger partial charge is 0.345 e. The van der Waals surface area contributed by atoms with Crippen LogP contribution in [-0.2, 0) is 4.79 Å². The van der Waals surface area contributed by atoms with E-state index in [4.69, 9.17) is 11.6 Å². The van der Waals surface area contributed by atoms with E-state index < -0.39 is 0 Å². The van der Waals surface area contributed by atoms with Gasteiger partial charge in [-0.05, 0) is 48.9 Å². The van der Waals surface area contributed by atoms with Crippen molar-refractivity contribution in [2.24, 2.45) is 11.3 Å². The number of benzene rings is 1. The average Bonchev–Trinajstić information content (AvgIpc) is 2.58. The summed E-state index contributed by atoms with van der Waals surface area (Å²) in [4.78, 5) is 32.7. The quantitative estimate of drug-likeness (QED) is 0.823. The second-order valence-electron chi connectivity index (χ2n) is 7.57. The van der Waals surface area contributed by atoms with Gasteiger partial charge in [-0.1, -0.05) is 18.5 Å². The minimum Gasteiger partial charge on any atom is -0.345 e. The predicted octanol–water partition coefficient (Wildman–Crippen LogP) is 3.20. The number of carbonyl (C=O) groups excluding carboxylic acids is 2. The highest BCUT2D eigenvalue weighted by atomic mass is 35.5. The molecule has 0 saturated heterocycles. The molecule has 8 heteroatoms. The van der Waals surface area contributed by atoms with Crippen LogP contribution in [0.4, 0.5) is 10.1 Å². The van der Waals surface area contributed by atoms with Crippen molar-refractivity contribution < 1.29 is 14.0 Å². The molecule has 2 aromatic rings. The molecular formula is C19H18ClFN4O2. The van der Waals surface area contributed by atoms with Crippen LogP contribution in [0, 0.1) is 17.2 Å². The fourth-order valence-electron chi connectivity index (χ4n) is 4.25. The summed E-state index contributed by atoms with van der Waals surface area (Å²) in [6.07, 6.45) is 4.94. The van der Waals surface area contributed by atoms with Gasteiger partial charge in [0, 0.05) is 17.1 Å². The monoisotopic (exact) mass is 388 g/mol. The third-order valence-corrected chi connectivity index (χ3v) is 5.92. The van der Waals surface area contributed by atoms with Gasteiger partial charge in [0.25, 0.3) is 5.91 Å². The van der Waals surface area contributed by atoms with Crippen molar-refractivity contribution in [3.05, 3.63) is 53.3 Å². The topological polar surface area (TPSA) is 84.0 Å². The molecule has 1 heterocycles. The van der Waals surface area contributed by atoms with Gasteiger partial charge in [-0.3, -0.25) is 9.59 Å². The Hall–Kier alpha value is -2.54. The SMILES string of the molecule is CC(C(=O)Nc1ccc(F)cc1)C12CC(NC(=O)c3cnc(Cl)cn3)(C1)C2. The molecule has 6 nitrogen and oxygen atoms in total. The fourth-order valence-corrected chi connectivity index (χ4v) is 4.35. The van der Waals surface area contributed by atoms with Crippen LogP contribution < -0.4 is 10.6 Å². The molecule has 0 spiro atoms. The molecule has 3 fully saturated rings. The van der Waals surface area contributed by atoms with Crippen LogP contribution in [0.5, 0.6) is 0 Å². The van der Waals surface area contributed by atoms with Gasteiger partial charge in [0.1, 0.15) is 16.7 Å². The van der Waals surface area contributed by atoms with Gasteiger partial charge in [0.2, 0.25) is 5.91 Å². The van der Waals surface area contributed by atoms with Crippen LogP contribution in [0.25, 0.3) is 0 Å². The van der Waals surface area contributed by atoms with Gasteiger partial charge >= 0.3 is 0 Å². The van der Waals surface area contributed by atoms with Crippen LogP contribution in [0.1, 0.15) is 36.7 Å². The number of rotatable bonds is 5. The van der Waals surface area contributed by atoms with E-state index in [2.05, 4.69) is 20.6 Å². The zero-order valence-corrected chi connectivity index (χ0v) is 15.4. The maximum atomic E-state index is 13.0. The summed E-state index contributed by atoms with van der Waals surface area (Å²) in [6, 6.07) is 5.70. The molecule has 2 N–H and O–H groups in total. The summed E-state index contributed by atoms with van der Waals surface area (Å²) >= 11 is 5.68. The Balaban J connectivity index is 1.33. The summed E-state index contributed by atoms with van der Waals surface area (Å²) in [7, 11) is 0. The van der Waals surface area contributed by atoms with Crippen LogP contribution >= 0.6 is 11.6 Å². The highest BCUT2D eigenvalue weighted by Gasteiger charge is 2.71. The highest BCUT2D eigenvalue weighted by molar-refractivity contribution is 6.29. The van der Waals surface area contributed by atoms with E-state index in [1.165, 1.54) is 36.7 Å². The van der Waals surface area contributed by atoms with Gasteiger partial charge in [0.05, 0.1) is 12.4 Å². The first-order valence-electron chi connectivity index (χ1n) is 8.67. The van der Waals surface area contributed by atoms with Crippen molar-refractivity contribution in [2.75, 3.05) is 5.32 Å². The second kappa shape index (κ2) is 6.27. The Bertz CT molecular complexity index is 881. The second-order valence-corrected chi connectivity index (χ2v) is 7.96. The van der Waals surface area contributed by atoms with E-state index in [1.54, 1.807) is 0 Å². The first-order chi connectivity index (χ1) is 12.8. The van der Waals surface area contributed by atoms with Gasteiger partial charge in [-0.15, -0.1) is 0 Å². The molecule has 3 saturated carbocycles. The molecule has 0 aliphatic heterocycles. The van der Waals surface area contributed by atoms with E-state index in [0.717, 1.165) is 19.3 Å². The molecule has 1 aromatic carbocycles. The number of nitrogens with one attached hydrogen (secondary N) is 2. The summed E-state index contributed by atoms with van der Waals surface area (Å²) < 4.78 is 13.0. The van der Waals surface area contributed by atoms with Gasteiger partial charge in [0.15, 0.2) is 0 Å². The maximum Gasteiger partial charge on any atom is 0.271 e. The standard InChI is InChI=1S/C19H18ClFN4O2/c1-11(16(26)24-13-4-2-12(21)3-5-13)18-8-19(9-18,10-18)25-17(27)14-6-23-15(20)7-22-14/h2-7,11H,8-10H2,1H3,(H,24,26)(H,25,27). The molecule has 1 atom stereocenters. The molecule has 1 aromatic heterocycles. The number of hydrogen-bond donors (Lipinski definition) is 2. The summed E-state index contributed by atoms with van der Waals surface area (Å²) in [5.41, 5.74) is 0.441. The minimum absolute atomic E-state index is 0.0928. The van der Waals surface area contributed by atoms with Gasteiger partial charge in [-0.2, -0.15) is 0 Å². The molecule has 0 radical (unpaired) electrons. The number of aromatic nitrogens is 2. The van der Waals surface area contributed by atoms with Crippen molar-refractivity contribution in [3.8, 4) is 0 Å². The van der Waals surface area contributed by atoms with Crippen molar-refractivity contribution in [2.45, 2.75) is 31.7 Å². The molecule has 27 heavy (non-hydrogen) atoms. The molecule has 140 valence electrons. The molecular weight excluding hydrogens is 371 g/mol. The maximum absolute atomic E-state index is 13.0. The van der Waals surface area contributed by atoms with E-state index in [0.29, 0.717) is 5.69 Å².